The van der Waals surface area contributed by atoms with Gasteiger partial charge in [-0.05, 0) is 59.9 Å². The summed E-state index contributed by atoms with van der Waals surface area (Å²) < 4.78 is 0. The highest BCUT2D eigenvalue weighted by atomic mass is 31.1. The molecule has 0 bridgehead atoms. The number of rotatable bonds is 2. The van der Waals surface area contributed by atoms with E-state index >= 15 is 0 Å². The van der Waals surface area contributed by atoms with Gasteiger partial charge in [-0.1, -0.05) is 54.0 Å². The Bertz CT molecular complexity index is 376. The second-order valence-electron chi connectivity index (χ2n) is 5.86. The molecule has 98 valence electrons. The van der Waals surface area contributed by atoms with Gasteiger partial charge in [-0.3, -0.25) is 0 Å². The van der Waals surface area contributed by atoms with Gasteiger partial charge in [-0.25, -0.2) is 0 Å². The quantitative estimate of drug-likeness (QED) is 0.709. The van der Waals surface area contributed by atoms with Crippen molar-refractivity contribution in [2.45, 2.75) is 50.8 Å². The van der Waals surface area contributed by atoms with E-state index in [9.17, 15) is 0 Å². The summed E-state index contributed by atoms with van der Waals surface area (Å²) in [5.74, 6) is 0. The van der Waals surface area contributed by atoms with Gasteiger partial charge in [-0.2, -0.15) is 0 Å². The van der Waals surface area contributed by atoms with Crippen molar-refractivity contribution < 1.29 is 0 Å². The molecule has 0 aromatic heterocycles. The summed E-state index contributed by atoms with van der Waals surface area (Å²) in [5.41, 5.74) is 1.93. The molecule has 0 amide bonds. The third-order valence-corrected chi connectivity index (χ3v) is 11.0. The van der Waals surface area contributed by atoms with E-state index in [4.69, 9.17) is 0 Å². The molecule has 2 saturated heterocycles. The van der Waals surface area contributed by atoms with Crippen LogP contribution in [0.25, 0.3) is 0 Å². The Kier molecular flexibility index (Phi) is 4.07. The summed E-state index contributed by atoms with van der Waals surface area (Å²) in [5, 5.41) is 3.58. The van der Waals surface area contributed by atoms with Gasteiger partial charge in [0.2, 0.25) is 0 Å². The molecule has 0 spiro atoms. The Morgan fingerprint density at radius 3 is 1.61 bits per heavy atom. The van der Waals surface area contributed by atoms with Crippen molar-refractivity contribution >= 4 is 26.5 Å². The first-order valence-corrected chi connectivity index (χ1v) is 10.6. The first-order valence-electron chi connectivity index (χ1n) is 7.39. The lowest BCUT2D eigenvalue weighted by Crippen LogP contribution is -2.25. The highest BCUT2D eigenvalue weighted by Gasteiger charge is 2.31. The minimum absolute atomic E-state index is 0.159. The van der Waals surface area contributed by atoms with E-state index in [-0.39, 0.29) is 15.8 Å². The van der Waals surface area contributed by atoms with Crippen LogP contribution in [0, 0.1) is 0 Å². The lowest BCUT2D eigenvalue weighted by molar-refractivity contribution is 0.836. The van der Waals surface area contributed by atoms with Crippen LogP contribution in [0.4, 0.5) is 0 Å². The van der Waals surface area contributed by atoms with Crippen LogP contribution in [-0.2, 0) is 0 Å². The normalized spacial score (nSPS) is 36.1. The summed E-state index contributed by atoms with van der Waals surface area (Å²) in [6.45, 7) is 4.97. The summed E-state index contributed by atoms with van der Waals surface area (Å²) >= 11 is 0. The monoisotopic (exact) mass is 278 g/mol. The molecule has 2 aliphatic rings. The summed E-state index contributed by atoms with van der Waals surface area (Å²) in [6, 6.07) is 9.50. The van der Waals surface area contributed by atoms with Crippen molar-refractivity contribution in [3.8, 4) is 0 Å². The highest BCUT2D eigenvalue weighted by molar-refractivity contribution is 7.72. The maximum absolute atomic E-state index is 2.49. The second-order valence-corrected chi connectivity index (χ2v) is 11.4. The number of benzene rings is 1. The highest BCUT2D eigenvalue weighted by Crippen LogP contribution is 2.53. The van der Waals surface area contributed by atoms with E-state index in [2.05, 4.69) is 38.1 Å². The van der Waals surface area contributed by atoms with Gasteiger partial charge in [-0.15, -0.1) is 0 Å². The Hall–Kier alpha value is 0.0800. The van der Waals surface area contributed by atoms with Crippen LogP contribution in [0.1, 0.15) is 39.5 Å². The standard InChI is InChI=1S/C16H24P2/c1-13-7-5-11-17(13)15-9-3-4-10-16(15)18-12-6-8-14(18)2/h3-4,9-10,13-14H,5-8,11-12H2,1-2H3. The Labute approximate surface area is 114 Å². The molecule has 3 rings (SSSR count). The van der Waals surface area contributed by atoms with Gasteiger partial charge in [0.05, 0.1) is 0 Å². The molecular weight excluding hydrogens is 254 g/mol. The molecule has 2 aliphatic heterocycles. The van der Waals surface area contributed by atoms with Gasteiger partial charge in [0.15, 0.2) is 0 Å². The van der Waals surface area contributed by atoms with Crippen LogP contribution in [0.2, 0.25) is 0 Å². The van der Waals surface area contributed by atoms with E-state index in [0.717, 1.165) is 11.3 Å². The molecule has 2 heterocycles. The molecular formula is C16H24P2. The zero-order chi connectivity index (χ0) is 12.5. The minimum Gasteiger partial charge on any atom is -0.0717 e. The van der Waals surface area contributed by atoms with Crippen molar-refractivity contribution in [3.05, 3.63) is 24.3 Å². The van der Waals surface area contributed by atoms with E-state index in [1.807, 2.05) is 0 Å². The van der Waals surface area contributed by atoms with Gasteiger partial charge in [0.1, 0.15) is 0 Å². The average molecular weight is 278 g/mol. The largest absolute Gasteiger partial charge is 0.0717 e. The van der Waals surface area contributed by atoms with Gasteiger partial charge in [0.25, 0.3) is 0 Å². The number of hydrogen-bond acceptors (Lipinski definition) is 0. The molecule has 0 radical (unpaired) electrons. The Morgan fingerprint density at radius 1 is 0.833 bits per heavy atom. The van der Waals surface area contributed by atoms with Gasteiger partial charge < -0.3 is 0 Å². The first-order chi connectivity index (χ1) is 8.77. The van der Waals surface area contributed by atoms with Crippen LogP contribution in [0.3, 0.4) is 0 Å². The minimum atomic E-state index is 0.159. The van der Waals surface area contributed by atoms with Crippen molar-refractivity contribution in [1.29, 1.82) is 0 Å². The second kappa shape index (κ2) is 5.60. The molecule has 0 aliphatic carbocycles. The van der Waals surface area contributed by atoms with Gasteiger partial charge in [0, 0.05) is 0 Å². The molecule has 1 aromatic rings. The first kappa shape index (κ1) is 13.1. The molecule has 0 saturated carbocycles. The Balaban J connectivity index is 1.94. The molecule has 2 fully saturated rings. The third-order valence-electron chi connectivity index (χ3n) is 4.61. The fourth-order valence-corrected chi connectivity index (χ4v) is 9.94. The van der Waals surface area contributed by atoms with E-state index < -0.39 is 0 Å². The third kappa shape index (κ3) is 2.39. The lowest BCUT2D eigenvalue weighted by atomic mass is 10.3. The van der Waals surface area contributed by atoms with E-state index in [1.54, 1.807) is 10.6 Å². The van der Waals surface area contributed by atoms with Crippen molar-refractivity contribution in [2.24, 2.45) is 0 Å². The van der Waals surface area contributed by atoms with Gasteiger partial charge >= 0.3 is 0 Å². The molecule has 0 N–H and O–H groups in total. The molecule has 2 heteroatoms. The summed E-state index contributed by atoms with van der Waals surface area (Å²) in [7, 11) is 0.318. The predicted molar refractivity (Wildman–Crippen MR) is 86.7 cm³/mol. The summed E-state index contributed by atoms with van der Waals surface area (Å²) in [6.07, 6.45) is 8.85. The molecule has 4 unspecified atom stereocenters. The molecule has 18 heavy (non-hydrogen) atoms. The zero-order valence-corrected chi connectivity index (χ0v) is 13.4. The smallest absolute Gasteiger partial charge is 0.0161 e. The van der Waals surface area contributed by atoms with E-state index in [0.29, 0.717) is 0 Å². The number of hydrogen-bond donors (Lipinski definition) is 0. The zero-order valence-electron chi connectivity index (χ0n) is 11.6. The molecule has 4 atom stereocenters. The summed E-state index contributed by atoms with van der Waals surface area (Å²) in [4.78, 5) is 0. The maximum Gasteiger partial charge on any atom is -0.0161 e. The SMILES string of the molecule is CC1CCCP1c1ccccc1P1CCCC1C. The van der Waals surface area contributed by atoms with Crippen molar-refractivity contribution in [2.75, 3.05) is 12.3 Å². The molecule has 0 nitrogen and oxygen atoms in total. The Morgan fingerprint density at radius 2 is 1.28 bits per heavy atom. The fraction of sp³-hybridized carbons (Fsp3) is 0.625. The average Bonchev–Trinajstić information content (AvgIpc) is 2.98. The maximum atomic E-state index is 2.49. The predicted octanol–water partition coefficient (Wildman–Crippen LogP) is 4.27. The van der Waals surface area contributed by atoms with Crippen LogP contribution in [0.5, 0.6) is 0 Å². The van der Waals surface area contributed by atoms with Crippen LogP contribution < -0.4 is 10.6 Å². The topological polar surface area (TPSA) is 0 Å². The van der Waals surface area contributed by atoms with Crippen LogP contribution >= 0.6 is 15.8 Å². The van der Waals surface area contributed by atoms with Crippen LogP contribution in [0.15, 0.2) is 24.3 Å². The van der Waals surface area contributed by atoms with E-state index in [1.165, 1.54) is 38.0 Å². The lowest BCUT2D eigenvalue weighted by Gasteiger charge is -2.25. The van der Waals surface area contributed by atoms with Crippen LogP contribution in [-0.4, -0.2) is 23.6 Å². The van der Waals surface area contributed by atoms with Crippen molar-refractivity contribution in [1.82, 2.24) is 0 Å². The molecule has 1 aromatic carbocycles. The van der Waals surface area contributed by atoms with Crippen molar-refractivity contribution in [3.63, 3.8) is 0 Å². The fourth-order valence-electron chi connectivity index (χ4n) is 3.53.